The van der Waals surface area contributed by atoms with Gasteiger partial charge < -0.3 is 9.47 Å². The first-order valence-corrected chi connectivity index (χ1v) is 12.6. The van der Waals surface area contributed by atoms with E-state index in [9.17, 15) is 0 Å². The van der Waals surface area contributed by atoms with Gasteiger partial charge in [-0.25, -0.2) is 8.78 Å². The number of fused-ring (bicyclic) bond motifs is 3. The zero-order chi connectivity index (χ0) is 22.8. The number of halogens is 2. The van der Waals surface area contributed by atoms with Crippen LogP contribution < -0.4 is 9.47 Å². The van der Waals surface area contributed by atoms with Crippen LogP contribution in [0.15, 0.2) is 24.3 Å². The van der Waals surface area contributed by atoms with Crippen LogP contribution in [0.5, 0.6) is 11.5 Å². The molecule has 0 radical (unpaired) electrons. The second-order valence-corrected chi connectivity index (χ2v) is 8.83. The number of ether oxygens (including phenoxy) is 2. The summed E-state index contributed by atoms with van der Waals surface area (Å²) in [5.74, 6) is 0.0274. The first kappa shape index (κ1) is 24.5. The number of hydrogen-bond donors (Lipinski definition) is 0. The molecule has 0 heterocycles. The smallest absolute Gasteiger partial charge is 0.168 e. The van der Waals surface area contributed by atoms with E-state index in [1.54, 1.807) is 12.1 Å². The van der Waals surface area contributed by atoms with Crippen molar-refractivity contribution in [1.29, 1.82) is 0 Å². The molecule has 0 saturated heterocycles. The highest BCUT2D eigenvalue weighted by molar-refractivity contribution is 5.75. The number of rotatable bonds is 14. The summed E-state index contributed by atoms with van der Waals surface area (Å²) in [6.45, 7) is 5.43. The Kier molecular flexibility index (Phi) is 9.83. The Morgan fingerprint density at radius 1 is 0.594 bits per heavy atom. The van der Waals surface area contributed by atoms with E-state index >= 15 is 8.78 Å². The summed E-state index contributed by atoms with van der Waals surface area (Å²) >= 11 is 0. The molecule has 0 spiro atoms. The van der Waals surface area contributed by atoms with Crippen molar-refractivity contribution < 1.29 is 18.3 Å². The van der Waals surface area contributed by atoms with E-state index in [0.717, 1.165) is 43.2 Å². The summed E-state index contributed by atoms with van der Waals surface area (Å²) in [5, 5.41) is 0. The Morgan fingerprint density at radius 3 is 1.47 bits per heavy atom. The summed E-state index contributed by atoms with van der Waals surface area (Å²) < 4.78 is 41.6. The fourth-order valence-electron chi connectivity index (χ4n) is 4.44. The summed E-state index contributed by atoms with van der Waals surface area (Å²) in [4.78, 5) is 0. The average Bonchev–Trinajstić information content (AvgIpc) is 2.80. The molecule has 32 heavy (non-hydrogen) atoms. The molecule has 2 aromatic carbocycles. The molecule has 0 atom stereocenters. The van der Waals surface area contributed by atoms with Crippen LogP contribution >= 0.6 is 0 Å². The van der Waals surface area contributed by atoms with E-state index in [-0.39, 0.29) is 11.6 Å². The summed E-state index contributed by atoms with van der Waals surface area (Å²) in [7, 11) is 0. The van der Waals surface area contributed by atoms with Crippen molar-refractivity contribution in [2.24, 2.45) is 0 Å². The van der Waals surface area contributed by atoms with E-state index in [0.29, 0.717) is 48.7 Å². The molecule has 1 aliphatic rings. The maximum Gasteiger partial charge on any atom is 0.168 e. The average molecular weight is 445 g/mol. The van der Waals surface area contributed by atoms with Gasteiger partial charge in [-0.15, -0.1) is 0 Å². The third kappa shape index (κ3) is 6.24. The van der Waals surface area contributed by atoms with E-state index < -0.39 is 0 Å². The SMILES string of the molecule is CCCCCCCCOc1ccc2c(c1F)CCc1c-2ccc(OCCCCCC)c1F. The molecule has 2 aromatic rings. The molecule has 4 heteroatoms. The van der Waals surface area contributed by atoms with Crippen molar-refractivity contribution in [2.45, 2.75) is 90.9 Å². The third-order valence-corrected chi connectivity index (χ3v) is 6.34. The molecular weight excluding hydrogens is 406 g/mol. The van der Waals surface area contributed by atoms with Gasteiger partial charge in [-0.3, -0.25) is 0 Å². The molecule has 0 amide bonds. The van der Waals surface area contributed by atoms with E-state index in [1.165, 1.54) is 32.1 Å². The molecular formula is C28H38F2O2. The molecule has 176 valence electrons. The second kappa shape index (κ2) is 12.8. The summed E-state index contributed by atoms with van der Waals surface area (Å²) in [5.41, 5.74) is 2.79. The fourth-order valence-corrected chi connectivity index (χ4v) is 4.44. The molecule has 2 nitrogen and oxygen atoms in total. The van der Waals surface area contributed by atoms with Gasteiger partial charge in [-0.05, 0) is 60.1 Å². The molecule has 1 aliphatic carbocycles. The van der Waals surface area contributed by atoms with Crippen LogP contribution in [-0.4, -0.2) is 13.2 Å². The van der Waals surface area contributed by atoms with Crippen LogP contribution in [0.3, 0.4) is 0 Å². The maximum atomic E-state index is 15.1. The molecule has 0 unspecified atom stereocenters. The predicted molar refractivity (Wildman–Crippen MR) is 128 cm³/mol. The molecule has 0 N–H and O–H groups in total. The Balaban J connectivity index is 1.63. The normalized spacial score (nSPS) is 12.4. The van der Waals surface area contributed by atoms with Gasteiger partial charge >= 0.3 is 0 Å². The number of benzene rings is 2. The van der Waals surface area contributed by atoms with E-state index in [1.807, 2.05) is 12.1 Å². The lowest BCUT2D eigenvalue weighted by atomic mass is 9.84. The Labute approximate surface area is 192 Å². The molecule has 0 bridgehead atoms. The number of unbranched alkanes of at least 4 members (excludes halogenated alkanes) is 8. The zero-order valence-electron chi connectivity index (χ0n) is 19.8. The van der Waals surface area contributed by atoms with Crippen molar-refractivity contribution in [1.82, 2.24) is 0 Å². The lowest BCUT2D eigenvalue weighted by Gasteiger charge is -2.23. The van der Waals surface area contributed by atoms with Crippen molar-refractivity contribution in [3.05, 3.63) is 47.0 Å². The van der Waals surface area contributed by atoms with Crippen LogP contribution in [0.25, 0.3) is 11.1 Å². The first-order chi connectivity index (χ1) is 15.7. The van der Waals surface area contributed by atoms with Gasteiger partial charge in [0.05, 0.1) is 13.2 Å². The Morgan fingerprint density at radius 2 is 1.00 bits per heavy atom. The quantitative estimate of drug-likeness (QED) is 0.272. The summed E-state index contributed by atoms with van der Waals surface area (Å²) in [6, 6.07) is 7.12. The second-order valence-electron chi connectivity index (χ2n) is 8.83. The minimum absolute atomic E-state index is 0.296. The number of hydrogen-bond acceptors (Lipinski definition) is 2. The van der Waals surface area contributed by atoms with Crippen molar-refractivity contribution >= 4 is 0 Å². The first-order valence-electron chi connectivity index (χ1n) is 12.6. The minimum Gasteiger partial charge on any atom is -0.491 e. The molecule has 0 aromatic heterocycles. The standard InChI is InChI=1S/C28H38F2O2/c1-3-5-7-9-10-12-20-32-26-18-16-22-21-15-17-25(31-19-11-8-6-4-2)27(29)23(21)13-14-24(22)28(26)30/h15-18H,3-14,19-20H2,1-2H3. The molecule has 0 fully saturated rings. The van der Waals surface area contributed by atoms with Crippen LogP contribution in [0.1, 0.15) is 89.2 Å². The highest BCUT2D eigenvalue weighted by Crippen LogP contribution is 2.40. The Hall–Kier alpha value is -2.10. The van der Waals surface area contributed by atoms with E-state index in [4.69, 9.17) is 9.47 Å². The van der Waals surface area contributed by atoms with Gasteiger partial charge in [0.25, 0.3) is 0 Å². The molecule has 0 saturated carbocycles. The molecule has 0 aliphatic heterocycles. The largest absolute Gasteiger partial charge is 0.491 e. The van der Waals surface area contributed by atoms with E-state index in [2.05, 4.69) is 13.8 Å². The minimum atomic E-state index is -0.299. The lowest BCUT2D eigenvalue weighted by molar-refractivity contribution is 0.288. The monoisotopic (exact) mass is 444 g/mol. The van der Waals surface area contributed by atoms with Gasteiger partial charge in [-0.2, -0.15) is 0 Å². The van der Waals surface area contributed by atoms with Gasteiger partial charge in [0.2, 0.25) is 0 Å². The predicted octanol–water partition coefficient (Wildman–Crippen LogP) is 8.43. The van der Waals surface area contributed by atoms with Crippen LogP contribution in [0.2, 0.25) is 0 Å². The van der Waals surface area contributed by atoms with Gasteiger partial charge in [0, 0.05) is 0 Å². The third-order valence-electron chi connectivity index (χ3n) is 6.34. The van der Waals surface area contributed by atoms with Crippen LogP contribution in [0, 0.1) is 11.6 Å². The topological polar surface area (TPSA) is 18.5 Å². The maximum absolute atomic E-state index is 15.1. The summed E-state index contributed by atoms with van der Waals surface area (Å²) in [6.07, 6.45) is 12.3. The zero-order valence-corrected chi connectivity index (χ0v) is 19.8. The molecule has 3 rings (SSSR count). The lowest BCUT2D eigenvalue weighted by Crippen LogP contribution is -2.11. The van der Waals surface area contributed by atoms with Crippen molar-refractivity contribution in [3.63, 3.8) is 0 Å². The van der Waals surface area contributed by atoms with Crippen molar-refractivity contribution in [3.8, 4) is 22.6 Å². The van der Waals surface area contributed by atoms with Crippen LogP contribution in [-0.2, 0) is 12.8 Å². The highest BCUT2D eigenvalue weighted by atomic mass is 19.1. The van der Waals surface area contributed by atoms with Crippen LogP contribution in [0.4, 0.5) is 8.78 Å². The van der Waals surface area contributed by atoms with Gasteiger partial charge in [-0.1, -0.05) is 77.3 Å². The highest BCUT2D eigenvalue weighted by Gasteiger charge is 2.25. The van der Waals surface area contributed by atoms with Gasteiger partial charge in [0.15, 0.2) is 23.1 Å². The van der Waals surface area contributed by atoms with Crippen molar-refractivity contribution in [2.75, 3.05) is 13.2 Å². The van der Waals surface area contributed by atoms with Gasteiger partial charge in [0.1, 0.15) is 0 Å². The fraction of sp³-hybridized carbons (Fsp3) is 0.571. The Bertz CT molecular complexity index is 863.